The number of aromatic hydroxyl groups is 1. The van der Waals surface area contributed by atoms with E-state index in [0.717, 1.165) is 24.7 Å². The third kappa shape index (κ3) is 3.26. The van der Waals surface area contributed by atoms with Gasteiger partial charge in [-0.25, -0.2) is 0 Å². The summed E-state index contributed by atoms with van der Waals surface area (Å²) in [6.45, 7) is 4.62. The minimum Gasteiger partial charge on any atom is -0.508 e. The van der Waals surface area contributed by atoms with Crippen molar-refractivity contribution in [2.75, 3.05) is 0 Å². The largest absolute Gasteiger partial charge is 0.508 e. The molecule has 0 radical (unpaired) electrons. The fourth-order valence-electron chi connectivity index (χ4n) is 3.15. The van der Waals surface area contributed by atoms with Crippen molar-refractivity contribution in [2.45, 2.75) is 45.6 Å². The van der Waals surface area contributed by atoms with Crippen LogP contribution in [-0.2, 0) is 6.42 Å². The Labute approximate surface area is 110 Å². The van der Waals surface area contributed by atoms with Crippen molar-refractivity contribution in [2.24, 2.45) is 23.5 Å². The number of rotatable bonds is 3. The molecule has 0 bridgehead atoms. The summed E-state index contributed by atoms with van der Waals surface area (Å²) in [6.07, 6.45) is 4.65. The van der Waals surface area contributed by atoms with Crippen molar-refractivity contribution in [3.05, 3.63) is 29.8 Å². The molecule has 100 valence electrons. The third-order valence-electron chi connectivity index (χ3n) is 4.43. The average Bonchev–Trinajstić information content (AvgIpc) is 2.31. The van der Waals surface area contributed by atoms with Gasteiger partial charge in [0.1, 0.15) is 5.75 Å². The van der Waals surface area contributed by atoms with Crippen molar-refractivity contribution in [3.63, 3.8) is 0 Å². The predicted molar refractivity (Wildman–Crippen MR) is 75.5 cm³/mol. The molecule has 2 heteroatoms. The first-order chi connectivity index (χ1) is 8.56. The molecule has 3 atom stereocenters. The molecular formula is C16H25NO. The van der Waals surface area contributed by atoms with Crippen LogP contribution in [0.15, 0.2) is 24.3 Å². The van der Waals surface area contributed by atoms with Crippen LogP contribution in [0.25, 0.3) is 0 Å². The first-order valence-corrected chi connectivity index (χ1v) is 7.09. The molecule has 2 rings (SSSR count). The molecule has 0 aromatic heterocycles. The summed E-state index contributed by atoms with van der Waals surface area (Å²) >= 11 is 0. The van der Waals surface area contributed by atoms with Gasteiger partial charge in [-0.2, -0.15) is 0 Å². The molecule has 1 aromatic carbocycles. The second-order valence-electron chi connectivity index (χ2n) is 6.12. The van der Waals surface area contributed by atoms with Crippen LogP contribution in [0.5, 0.6) is 5.75 Å². The van der Waals surface area contributed by atoms with E-state index in [4.69, 9.17) is 5.73 Å². The van der Waals surface area contributed by atoms with Gasteiger partial charge in [0.05, 0.1) is 0 Å². The molecule has 18 heavy (non-hydrogen) atoms. The number of phenolic OH excluding ortho intramolecular Hbond substituents is 1. The summed E-state index contributed by atoms with van der Waals surface area (Å²) in [5.74, 6) is 2.49. The summed E-state index contributed by atoms with van der Waals surface area (Å²) in [7, 11) is 0. The second-order valence-corrected chi connectivity index (χ2v) is 6.12. The Kier molecular flexibility index (Phi) is 4.28. The molecule has 1 saturated carbocycles. The summed E-state index contributed by atoms with van der Waals surface area (Å²) < 4.78 is 0. The van der Waals surface area contributed by atoms with E-state index in [0.29, 0.717) is 17.7 Å². The lowest BCUT2D eigenvalue weighted by Crippen LogP contribution is -2.38. The zero-order valence-electron chi connectivity index (χ0n) is 11.5. The van der Waals surface area contributed by atoms with Gasteiger partial charge in [-0.05, 0) is 61.1 Å². The van der Waals surface area contributed by atoms with Crippen LogP contribution in [0.2, 0.25) is 0 Å². The zero-order chi connectivity index (χ0) is 13.1. The summed E-state index contributed by atoms with van der Waals surface area (Å²) in [5, 5.41) is 9.52. The molecule has 1 aliphatic carbocycles. The summed E-state index contributed by atoms with van der Waals surface area (Å²) in [5.41, 5.74) is 7.47. The summed E-state index contributed by atoms with van der Waals surface area (Å²) in [4.78, 5) is 0. The molecule has 3 unspecified atom stereocenters. The molecule has 3 N–H and O–H groups in total. The van der Waals surface area contributed by atoms with Crippen LogP contribution in [0, 0.1) is 17.8 Å². The lowest BCUT2D eigenvalue weighted by atomic mass is 9.72. The summed E-state index contributed by atoms with van der Waals surface area (Å²) in [6, 6.07) is 7.92. The van der Waals surface area contributed by atoms with E-state index in [9.17, 15) is 5.11 Å². The lowest BCUT2D eigenvalue weighted by molar-refractivity contribution is 0.189. The number of nitrogens with two attached hydrogens (primary N) is 1. The van der Waals surface area contributed by atoms with Gasteiger partial charge >= 0.3 is 0 Å². The molecule has 0 amide bonds. The monoisotopic (exact) mass is 247 g/mol. The maximum atomic E-state index is 9.52. The van der Waals surface area contributed by atoms with E-state index in [1.807, 2.05) is 12.1 Å². The van der Waals surface area contributed by atoms with Crippen LogP contribution >= 0.6 is 0 Å². The number of hydrogen-bond acceptors (Lipinski definition) is 2. The Morgan fingerprint density at radius 2 is 2.11 bits per heavy atom. The Morgan fingerprint density at radius 1 is 1.33 bits per heavy atom. The topological polar surface area (TPSA) is 46.2 Å². The third-order valence-corrected chi connectivity index (χ3v) is 4.43. The highest BCUT2D eigenvalue weighted by atomic mass is 16.3. The molecule has 0 saturated heterocycles. The lowest BCUT2D eigenvalue weighted by Gasteiger charge is -2.36. The van der Waals surface area contributed by atoms with Gasteiger partial charge in [-0.15, -0.1) is 0 Å². The van der Waals surface area contributed by atoms with Crippen LogP contribution in [0.3, 0.4) is 0 Å². The van der Waals surface area contributed by atoms with Crippen LogP contribution in [0.4, 0.5) is 0 Å². The smallest absolute Gasteiger partial charge is 0.115 e. The van der Waals surface area contributed by atoms with Gasteiger partial charge < -0.3 is 10.8 Å². The normalized spacial score (nSPS) is 28.6. The second kappa shape index (κ2) is 5.75. The Morgan fingerprint density at radius 3 is 2.78 bits per heavy atom. The van der Waals surface area contributed by atoms with E-state index in [1.165, 1.54) is 18.4 Å². The van der Waals surface area contributed by atoms with E-state index in [1.54, 1.807) is 6.07 Å². The standard InChI is InChI=1S/C16H25NO/c1-11(2)13-6-7-16(17)14(10-13)8-12-4-3-5-15(18)9-12/h3-5,9,11,13-14,16,18H,6-8,10,17H2,1-2H3. The van der Waals surface area contributed by atoms with Crippen molar-refractivity contribution in [1.82, 2.24) is 0 Å². The number of phenols is 1. The Hall–Kier alpha value is -1.02. The van der Waals surface area contributed by atoms with Gasteiger partial charge in [0.25, 0.3) is 0 Å². The highest BCUT2D eigenvalue weighted by Gasteiger charge is 2.29. The fraction of sp³-hybridized carbons (Fsp3) is 0.625. The van der Waals surface area contributed by atoms with E-state index >= 15 is 0 Å². The zero-order valence-corrected chi connectivity index (χ0v) is 11.5. The van der Waals surface area contributed by atoms with Crippen molar-refractivity contribution >= 4 is 0 Å². The van der Waals surface area contributed by atoms with E-state index < -0.39 is 0 Å². The molecule has 0 aliphatic heterocycles. The van der Waals surface area contributed by atoms with Gasteiger partial charge in [0.15, 0.2) is 0 Å². The van der Waals surface area contributed by atoms with Crippen molar-refractivity contribution < 1.29 is 5.11 Å². The molecule has 0 spiro atoms. The quantitative estimate of drug-likeness (QED) is 0.860. The minimum absolute atomic E-state index is 0.322. The average molecular weight is 247 g/mol. The SMILES string of the molecule is CC(C)C1CCC(N)C(Cc2cccc(O)c2)C1. The number of benzene rings is 1. The molecular weight excluding hydrogens is 222 g/mol. The van der Waals surface area contributed by atoms with E-state index in [2.05, 4.69) is 19.9 Å². The molecule has 1 aromatic rings. The van der Waals surface area contributed by atoms with Gasteiger partial charge in [-0.1, -0.05) is 26.0 Å². The Balaban J connectivity index is 2.02. The van der Waals surface area contributed by atoms with Crippen molar-refractivity contribution in [1.29, 1.82) is 0 Å². The molecule has 0 heterocycles. The number of hydrogen-bond donors (Lipinski definition) is 2. The van der Waals surface area contributed by atoms with Gasteiger partial charge in [0, 0.05) is 6.04 Å². The molecule has 1 aliphatic rings. The highest BCUT2D eigenvalue weighted by molar-refractivity contribution is 5.27. The maximum absolute atomic E-state index is 9.52. The van der Waals surface area contributed by atoms with Gasteiger partial charge in [0.2, 0.25) is 0 Å². The Bertz CT molecular complexity index is 388. The van der Waals surface area contributed by atoms with Gasteiger partial charge in [-0.3, -0.25) is 0 Å². The molecule has 2 nitrogen and oxygen atoms in total. The maximum Gasteiger partial charge on any atom is 0.115 e. The van der Waals surface area contributed by atoms with Crippen LogP contribution in [-0.4, -0.2) is 11.1 Å². The van der Waals surface area contributed by atoms with Crippen LogP contribution < -0.4 is 5.73 Å². The first-order valence-electron chi connectivity index (χ1n) is 7.09. The highest BCUT2D eigenvalue weighted by Crippen LogP contribution is 2.35. The minimum atomic E-state index is 0.322. The van der Waals surface area contributed by atoms with E-state index in [-0.39, 0.29) is 0 Å². The predicted octanol–water partition coefficient (Wildman–Crippen LogP) is 3.33. The molecule has 1 fully saturated rings. The van der Waals surface area contributed by atoms with Crippen LogP contribution in [0.1, 0.15) is 38.7 Å². The fourth-order valence-corrected chi connectivity index (χ4v) is 3.15. The first kappa shape index (κ1) is 13.4. The van der Waals surface area contributed by atoms with Crippen molar-refractivity contribution in [3.8, 4) is 5.75 Å².